The van der Waals surface area contributed by atoms with E-state index in [9.17, 15) is 13.2 Å². The third-order valence-corrected chi connectivity index (χ3v) is 5.72. The number of amides is 1. The van der Waals surface area contributed by atoms with Crippen molar-refractivity contribution in [2.45, 2.75) is 52.3 Å². The standard InChI is InChI=1S/C15H28N2O4S/c1-11(2)8-16-6-7-17(14(18)21-15(3,4)5)13-10-22(19,20)9-12(13)16/h11-13H,6-10H2,1-5H3/t12-,13+/m0/s1. The molecule has 0 spiro atoms. The van der Waals surface area contributed by atoms with Gasteiger partial charge in [-0.1, -0.05) is 13.8 Å². The van der Waals surface area contributed by atoms with Crippen LogP contribution >= 0.6 is 0 Å². The van der Waals surface area contributed by atoms with Gasteiger partial charge in [0.1, 0.15) is 5.60 Å². The Bertz CT molecular complexity index is 524. The minimum atomic E-state index is -3.10. The van der Waals surface area contributed by atoms with Crippen LogP contribution in [0.2, 0.25) is 0 Å². The summed E-state index contributed by atoms with van der Waals surface area (Å²) in [6.45, 7) is 11.8. The predicted molar refractivity (Wildman–Crippen MR) is 85.6 cm³/mol. The van der Waals surface area contributed by atoms with Crippen molar-refractivity contribution in [1.82, 2.24) is 9.80 Å². The number of carbonyl (C=O) groups excluding carboxylic acids is 1. The molecular formula is C15H28N2O4S. The highest BCUT2D eigenvalue weighted by atomic mass is 32.2. The number of hydrogen-bond donors (Lipinski definition) is 0. The second-order valence-corrected chi connectivity index (χ2v) is 9.93. The van der Waals surface area contributed by atoms with Crippen LogP contribution in [0.25, 0.3) is 0 Å². The van der Waals surface area contributed by atoms with Crippen molar-refractivity contribution < 1.29 is 17.9 Å². The number of piperazine rings is 1. The molecule has 0 N–H and O–H groups in total. The molecule has 0 aromatic heterocycles. The summed E-state index contributed by atoms with van der Waals surface area (Å²) >= 11 is 0. The van der Waals surface area contributed by atoms with Crippen LogP contribution in [0.1, 0.15) is 34.6 Å². The van der Waals surface area contributed by atoms with E-state index < -0.39 is 21.5 Å². The average Bonchev–Trinajstić information content (AvgIpc) is 2.61. The van der Waals surface area contributed by atoms with Crippen LogP contribution in [0.5, 0.6) is 0 Å². The number of ether oxygens (including phenoxy) is 1. The number of carbonyl (C=O) groups is 1. The average molecular weight is 332 g/mol. The molecule has 0 aromatic carbocycles. The first-order chi connectivity index (χ1) is 9.98. The lowest BCUT2D eigenvalue weighted by molar-refractivity contribution is -0.0108. The molecule has 0 saturated carbocycles. The van der Waals surface area contributed by atoms with E-state index >= 15 is 0 Å². The Morgan fingerprint density at radius 3 is 2.32 bits per heavy atom. The Morgan fingerprint density at radius 2 is 1.77 bits per heavy atom. The van der Waals surface area contributed by atoms with E-state index in [1.165, 1.54) is 0 Å². The number of rotatable bonds is 2. The fraction of sp³-hybridized carbons (Fsp3) is 0.933. The Balaban J connectivity index is 2.17. The summed E-state index contributed by atoms with van der Waals surface area (Å²) in [5.74, 6) is 0.659. The number of hydrogen-bond acceptors (Lipinski definition) is 5. The molecule has 7 heteroatoms. The molecule has 2 aliphatic heterocycles. The van der Waals surface area contributed by atoms with Crippen LogP contribution in [0, 0.1) is 5.92 Å². The second kappa shape index (κ2) is 6.00. The van der Waals surface area contributed by atoms with Gasteiger partial charge in [0.2, 0.25) is 0 Å². The third-order valence-electron chi connectivity index (χ3n) is 4.02. The van der Waals surface area contributed by atoms with Gasteiger partial charge in [0.05, 0.1) is 17.5 Å². The van der Waals surface area contributed by atoms with Gasteiger partial charge >= 0.3 is 6.09 Å². The molecule has 6 nitrogen and oxygen atoms in total. The molecule has 0 unspecified atom stereocenters. The van der Waals surface area contributed by atoms with Crippen LogP contribution < -0.4 is 0 Å². The van der Waals surface area contributed by atoms with Crippen molar-refractivity contribution in [1.29, 1.82) is 0 Å². The summed E-state index contributed by atoms with van der Waals surface area (Å²) in [5.41, 5.74) is -0.570. The summed E-state index contributed by atoms with van der Waals surface area (Å²) < 4.78 is 29.6. The van der Waals surface area contributed by atoms with E-state index in [4.69, 9.17) is 4.74 Å². The molecule has 2 aliphatic rings. The zero-order valence-electron chi connectivity index (χ0n) is 14.2. The molecule has 1 amide bonds. The smallest absolute Gasteiger partial charge is 0.410 e. The van der Waals surface area contributed by atoms with Crippen LogP contribution in [0.15, 0.2) is 0 Å². The van der Waals surface area contributed by atoms with Gasteiger partial charge in [0, 0.05) is 25.7 Å². The first-order valence-electron chi connectivity index (χ1n) is 7.92. The molecule has 2 saturated heterocycles. The van der Waals surface area contributed by atoms with E-state index in [-0.39, 0.29) is 23.6 Å². The molecule has 22 heavy (non-hydrogen) atoms. The first kappa shape index (κ1) is 17.5. The topological polar surface area (TPSA) is 66.9 Å². The maximum atomic E-state index is 12.4. The van der Waals surface area contributed by atoms with E-state index in [0.717, 1.165) is 6.54 Å². The molecule has 0 radical (unpaired) electrons. The normalized spacial score (nSPS) is 28.7. The second-order valence-electron chi connectivity index (χ2n) is 7.77. The molecule has 2 heterocycles. The van der Waals surface area contributed by atoms with Gasteiger partial charge in [-0.05, 0) is 26.7 Å². The highest BCUT2D eigenvalue weighted by molar-refractivity contribution is 7.91. The van der Waals surface area contributed by atoms with Crippen molar-refractivity contribution >= 4 is 15.9 Å². The summed E-state index contributed by atoms with van der Waals surface area (Å²) in [6, 6.07) is -0.388. The summed E-state index contributed by atoms with van der Waals surface area (Å²) in [6.07, 6.45) is -0.399. The van der Waals surface area contributed by atoms with Crippen LogP contribution in [-0.2, 0) is 14.6 Å². The molecule has 128 valence electrons. The van der Waals surface area contributed by atoms with Crippen LogP contribution in [0.4, 0.5) is 4.79 Å². The lowest BCUT2D eigenvalue weighted by Gasteiger charge is -2.44. The van der Waals surface area contributed by atoms with Crippen LogP contribution in [0.3, 0.4) is 0 Å². The quantitative estimate of drug-likeness (QED) is 0.764. The fourth-order valence-corrected chi connectivity index (χ4v) is 5.28. The largest absolute Gasteiger partial charge is 0.444 e. The summed E-state index contributed by atoms with van der Waals surface area (Å²) in [4.78, 5) is 16.2. The fourth-order valence-electron chi connectivity index (χ4n) is 3.27. The van der Waals surface area contributed by atoms with Crippen molar-refractivity contribution in [3.8, 4) is 0 Å². The highest BCUT2D eigenvalue weighted by Crippen LogP contribution is 2.28. The van der Waals surface area contributed by atoms with Crippen LogP contribution in [-0.4, -0.2) is 73.1 Å². The molecule has 0 bridgehead atoms. The van der Waals surface area contributed by atoms with Gasteiger partial charge in [-0.2, -0.15) is 0 Å². The van der Waals surface area contributed by atoms with Gasteiger partial charge < -0.3 is 9.64 Å². The van der Waals surface area contributed by atoms with E-state index in [0.29, 0.717) is 19.0 Å². The SMILES string of the molecule is CC(C)CN1CCN(C(=O)OC(C)(C)C)[C@@H]2CS(=O)(=O)C[C@@H]21. The Labute approximate surface area is 133 Å². The molecular weight excluding hydrogens is 304 g/mol. The highest BCUT2D eigenvalue weighted by Gasteiger charge is 2.48. The molecule has 0 aliphatic carbocycles. The number of sulfone groups is 1. The monoisotopic (exact) mass is 332 g/mol. The minimum Gasteiger partial charge on any atom is -0.444 e. The Hall–Kier alpha value is -0.820. The lowest BCUT2D eigenvalue weighted by atomic mass is 10.0. The van der Waals surface area contributed by atoms with E-state index in [2.05, 4.69) is 18.7 Å². The number of fused-ring (bicyclic) bond motifs is 1. The maximum absolute atomic E-state index is 12.4. The van der Waals surface area contributed by atoms with E-state index in [1.54, 1.807) is 4.90 Å². The minimum absolute atomic E-state index is 0.0471. The number of nitrogens with zero attached hydrogens (tertiary/aromatic N) is 2. The lowest BCUT2D eigenvalue weighted by Crippen LogP contribution is -2.61. The van der Waals surface area contributed by atoms with Crippen molar-refractivity contribution in [2.75, 3.05) is 31.1 Å². The maximum Gasteiger partial charge on any atom is 0.410 e. The van der Waals surface area contributed by atoms with Crippen molar-refractivity contribution in [2.24, 2.45) is 5.92 Å². The van der Waals surface area contributed by atoms with Gasteiger partial charge in [-0.25, -0.2) is 13.2 Å². The van der Waals surface area contributed by atoms with Crippen molar-refractivity contribution in [3.05, 3.63) is 0 Å². The first-order valence-corrected chi connectivity index (χ1v) is 9.75. The molecule has 2 rings (SSSR count). The zero-order chi connectivity index (χ0) is 16.7. The molecule has 0 aromatic rings. The summed E-state index contributed by atoms with van der Waals surface area (Å²) in [5, 5.41) is 0. The molecule has 2 fully saturated rings. The van der Waals surface area contributed by atoms with Gasteiger partial charge in [0.15, 0.2) is 9.84 Å². The van der Waals surface area contributed by atoms with Gasteiger partial charge in [-0.3, -0.25) is 4.90 Å². The van der Waals surface area contributed by atoms with Gasteiger partial charge in [0.25, 0.3) is 0 Å². The Morgan fingerprint density at radius 1 is 1.18 bits per heavy atom. The van der Waals surface area contributed by atoms with Gasteiger partial charge in [-0.15, -0.1) is 0 Å². The molecule has 2 atom stereocenters. The Kier molecular flexibility index (Phi) is 4.78. The van der Waals surface area contributed by atoms with Crippen molar-refractivity contribution in [3.63, 3.8) is 0 Å². The predicted octanol–water partition coefficient (Wildman–Crippen LogP) is 1.36. The zero-order valence-corrected chi connectivity index (χ0v) is 15.0. The van der Waals surface area contributed by atoms with E-state index in [1.807, 2.05) is 20.8 Å². The third kappa shape index (κ3) is 4.13. The summed E-state index contributed by atoms with van der Waals surface area (Å²) in [7, 11) is -3.10.